The molecule has 0 spiro atoms. The van der Waals surface area contributed by atoms with Crippen molar-refractivity contribution in [3.63, 3.8) is 0 Å². The zero-order valence-corrected chi connectivity index (χ0v) is 18.3. The van der Waals surface area contributed by atoms with Crippen molar-refractivity contribution in [2.75, 3.05) is 32.7 Å². The van der Waals surface area contributed by atoms with Crippen LogP contribution in [0.4, 0.5) is 0 Å². The Morgan fingerprint density at radius 2 is 1.86 bits per heavy atom. The number of aryl methyl sites for hydroxylation is 1. The minimum atomic E-state index is -3.53. The average Bonchev–Trinajstić information content (AvgIpc) is 3.48. The van der Waals surface area contributed by atoms with Crippen LogP contribution in [0.3, 0.4) is 0 Å². The second-order valence-corrected chi connectivity index (χ2v) is 10.7. The predicted octanol–water partition coefficient (Wildman–Crippen LogP) is 2.44. The van der Waals surface area contributed by atoms with E-state index in [4.69, 9.17) is 0 Å². The van der Waals surface area contributed by atoms with Crippen LogP contribution >= 0.6 is 11.3 Å². The van der Waals surface area contributed by atoms with Gasteiger partial charge >= 0.3 is 0 Å². The van der Waals surface area contributed by atoms with Crippen LogP contribution in [0.2, 0.25) is 0 Å². The van der Waals surface area contributed by atoms with Crippen molar-refractivity contribution in [1.29, 1.82) is 0 Å². The molecule has 4 heterocycles. The topological polar surface area (TPSA) is 74.6 Å². The van der Waals surface area contributed by atoms with Gasteiger partial charge in [0, 0.05) is 37.8 Å². The SMILES string of the molecule is Cn1cc(S(=O)(=O)N2CCCC2)cc1C(=O)NCC(c1cccs1)N1CCCC1. The zero-order valence-electron chi connectivity index (χ0n) is 16.7. The number of carbonyl (C=O) groups excluding carboxylic acids is 1. The molecule has 0 radical (unpaired) electrons. The molecule has 2 saturated heterocycles. The Labute approximate surface area is 176 Å². The monoisotopic (exact) mass is 436 g/mol. The second kappa shape index (κ2) is 8.59. The van der Waals surface area contributed by atoms with Gasteiger partial charge in [0.05, 0.1) is 6.04 Å². The van der Waals surface area contributed by atoms with E-state index in [1.54, 1.807) is 29.1 Å². The summed E-state index contributed by atoms with van der Waals surface area (Å²) in [5.41, 5.74) is 0.370. The zero-order chi connectivity index (χ0) is 20.4. The molecule has 1 amide bonds. The number of thiophene rings is 1. The number of nitrogens with one attached hydrogen (secondary N) is 1. The smallest absolute Gasteiger partial charge is 0.268 e. The van der Waals surface area contributed by atoms with Gasteiger partial charge in [-0.2, -0.15) is 4.31 Å². The maximum absolute atomic E-state index is 12.9. The molecule has 158 valence electrons. The number of amides is 1. The molecular weight excluding hydrogens is 408 g/mol. The highest BCUT2D eigenvalue weighted by molar-refractivity contribution is 7.89. The summed E-state index contributed by atoms with van der Waals surface area (Å²) in [4.78, 5) is 16.7. The molecule has 0 bridgehead atoms. The summed E-state index contributed by atoms with van der Waals surface area (Å²) in [5, 5.41) is 5.10. The van der Waals surface area contributed by atoms with Crippen LogP contribution in [0, 0.1) is 0 Å². The van der Waals surface area contributed by atoms with Crippen LogP contribution in [0.1, 0.15) is 47.1 Å². The van der Waals surface area contributed by atoms with Crippen molar-refractivity contribution in [2.24, 2.45) is 7.05 Å². The molecule has 2 aliphatic heterocycles. The van der Waals surface area contributed by atoms with Gasteiger partial charge in [-0.15, -0.1) is 11.3 Å². The summed E-state index contributed by atoms with van der Waals surface area (Å²) in [6.07, 6.45) is 5.69. The number of sulfonamides is 1. The Bertz CT molecular complexity index is 941. The molecule has 0 aliphatic carbocycles. The summed E-state index contributed by atoms with van der Waals surface area (Å²) in [6, 6.07) is 5.81. The van der Waals surface area contributed by atoms with Crippen LogP contribution in [-0.2, 0) is 17.1 Å². The number of hydrogen-bond acceptors (Lipinski definition) is 5. The van der Waals surface area contributed by atoms with E-state index in [-0.39, 0.29) is 16.8 Å². The third-order valence-corrected chi connectivity index (χ3v) is 8.66. The molecule has 2 aromatic rings. The summed E-state index contributed by atoms with van der Waals surface area (Å²) >= 11 is 1.71. The first kappa shape index (κ1) is 20.6. The van der Waals surface area contributed by atoms with E-state index in [1.165, 1.54) is 28.1 Å². The lowest BCUT2D eigenvalue weighted by Gasteiger charge is -2.26. The van der Waals surface area contributed by atoms with E-state index in [1.807, 2.05) is 6.07 Å². The van der Waals surface area contributed by atoms with Gasteiger partial charge in [-0.25, -0.2) is 8.42 Å². The third kappa shape index (κ3) is 4.28. The molecule has 4 rings (SSSR count). The van der Waals surface area contributed by atoms with Crippen LogP contribution in [-0.4, -0.2) is 60.8 Å². The van der Waals surface area contributed by atoms with E-state index in [9.17, 15) is 13.2 Å². The van der Waals surface area contributed by atoms with Crippen molar-refractivity contribution in [3.8, 4) is 0 Å². The first-order valence-electron chi connectivity index (χ1n) is 10.2. The van der Waals surface area contributed by atoms with Crippen molar-refractivity contribution in [1.82, 2.24) is 19.1 Å². The fourth-order valence-electron chi connectivity index (χ4n) is 4.20. The molecule has 2 aromatic heterocycles. The number of likely N-dealkylation sites (tertiary alicyclic amines) is 1. The molecule has 29 heavy (non-hydrogen) atoms. The minimum absolute atomic E-state index is 0.162. The van der Waals surface area contributed by atoms with Crippen LogP contribution in [0.15, 0.2) is 34.7 Å². The van der Waals surface area contributed by atoms with Gasteiger partial charge in [-0.3, -0.25) is 9.69 Å². The summed E-state index contributed by atoms with van der Waals surface area (Å²) in [7, 11) is -1.81. The average molecular weight is 437 g/mol. The highest BCUT2D eigenvalue weighted by Crippen LogP contribution is 2.28. The summed E-state index contributed by atoms with van der Waals surface area (Å²) in [5.74, 6) is -0.240. The molecule has 9 heteroatoms. The lowest BCUT2D eigenvalue weighted by atomic mass is 10.2. The Kier molecular flexibility index (Phi) is 6.10. The molecule has 2 fully saturated rings. The maximum atomic E-state index is 12.9. The number of carbonyl (C=O) groups is 1. The normalized spacial score (nSPS) is 19.6. The number of nitrogens with zero attached hydrogens (tertiary/aromatic N) is 3. The van der Waals surface area contributed by atoms with E-state index < -0.39 is 10.0 Å². The Balaban J connectivity index is 1.47. The van der Waals surface area contributed by atoms with Gasteiger partial charge in [-0.05, 0) is 56.3 Å². The van der Waals surface area contributed by atoms with Crippen LogP contribution < -0.4 is 5.32 Å². The molecule has 1 N–H and O–H groups in total. The molecule has 7 nitrogen and oxygen atoms in total. The quantitative estimate of drug-likeness (QED) is 0.723. The van der Waals surface area contributed by atoms with Gasteiger partial charge < -0.3 is 9.88 Å². The highest BCUT2D eigenvalue weighted by atomic mass is 32.2. The first-order chi connectivity index (χ1) is 14.0. The number of hydrogen-bond donors (Lipinski definition) is 1. The van der Waals surface area contributed by atoms with Crippen LogP contribution in [0.5, 0.6) is 0 Å². The lowest BCUT2D eigenvalue weighted by molar-refractivity contribution is 0.0930. The largest absolute Gasteiger partial charge is 0.349 e. The van der Waals surface area contributed by atoms with E-state index in [0.717, 1.165) is 25.9 Å². The Hall–Kier alpha value is -1.68. The van der Waals surface area contributed by atoms with Crippen molar-refractivity contribution in [3.05, 3.63) is 40.3 Å². The molecule has 1 unspecified atom stereocenters. The highest BCUT2D eigenvalue weighted by Gasteiger charge is 2.30. The van der Waals surface area contributed by atoms with Crippen molar-refractivity contribution < 1.29 is 13.2 Å². The van der Waals surface area contributed by atoms with Gasteiger partial charge in [0.1, 0.15) is 10.6 Å². The maximum Gasteiger partial charge on any atom is 0.268 e. The minimum Gasteiger partial charge on any atom is -0.349 e. The van der Waals surface area contributed by atoms with E-state index >= 15 is 0 Å². The molecule has 0 aromatic carbocycles. The second-order valence-electron chi connectivity index (χ2n) is 7.77. The summed E-state index contributed by atoms with van der Waals surface area (Å²) < 4.78 is 28.7. The predicted molar refractivity (Wildman–Crippen MR) is 114 cm³/mol. The molecular formula is C20H28N4O3S2. The Morgan fingerprint density at radius 3 is 2.52 bits per heavy atom. The van der Waals surface area contributed by atoms with Crippen LogP contribution in [0.25, 0.3) is 0 Å². The third-order valence-electron chi connectivity index (χ3n) is 5.82. The van der Waals surface area contributed by atoms with E-state index in [2.05, 4.69) is 21.7 Å². The molecule has 1 atom stereocenters. The van der Waals surface area contributed by atoms with Gasteiger partial charge in [0.15, 0.2) is 0 Å². The van der Waals surface area contributed by atoms with Gasteiger partial charge in [0.25, 0.3) is 5.91 Å². The van der Waals surface area contributed by atoms with Crippen molar-refractivity contribution in [2.45, 2.75) is 36.6 Å². The first-order valence-corrected chi connectivity index (χ1v) is 12.5. The number of aromatic nitrogens is 1. The molecule has 0 saturated carbocycles. The summed E-state index contributed by atoms with van der Waals surface area (Å²) in [6.45, 7) is 3.70. The van der Waals surface area contributed by atoms with Gasteiger partial charge in [0.2, 0.25) is 10.0 Å². The number of rotatable bonds is 7. The van der Waals surface area contributed by atoms with E-state index in [0.29, 0.717) is 25.3 Å². The van der Waals surface area contributed by atoms with Gasteiger partial charge in [-0.1, -0.05) is 6.07 Å². The Morgan fingerprint density at radius 1 is 1.17 bits per heavy atom. The molecule has 2 aliphatic rings. The fraction of sp³-hybridized carbons (Fsp3) is 0.550. The lowest BCUT2D eigenvalue weighted by Crippen LogP contribution is -2.36. The van der Waals surface area contributed by atoms with Crippen molar-refractivity contribution >= 4 is 27.3 Å². The standard InChI is InChI=1S/C20H28N4O3S2/c1-22-15-16(29(26,27)24-10-4-5-11-24)13-17(22)20(25)21-14-18(19-7-6-12-28-19)23-8-2-3-9-23/h6-7,12-13,15,18H,2-5,8-11,14H2,1H3,(H,21,25). The fourth-order valence-corrected chi connectivity index (χ4v) is 6.65.